The van der Waals surface area contributed by atoms with Gasteiger partial charge in [-0.15, -0.1) is 0 Å². The molecule has 0 amide bonds. The van der Waals surface area contributed by atoms with E-state index >= 15 is 0 Å². The van der Waals surface area contributed by atoms with E-state index in [-0.39, 0.29) is 17.9 Å². The molecule has 0 fully saturated rings. The molecule has 0 heterocycles. The van der Waals surface area contributed by atoms with Gasteiger partial charge in [0.05, 0.1) is 13.7 Å². The molecule has 2 aromatic rings. The van der Waals surface area contributed by atoms with E-state index in [1.807, 2.05) is 0 Å². The molecule has 0 aliphatic heterocycles. The Morgan fingerprint density at radius 3 is 2.75 bits per heavy atom. The van der Waals surface area contributed by atoms with Gasteiger partial charge < -0.3 is 9.84 Å². The first-order valence-corrected chi connectivity index (χ1v) is 5.91. The first-order chi connectivity index (χ1) is 9.61. The zero-order chi connectivity index (χ0) is 14.5. The number of phenols is 1. The van der Waals surface area contributed by atoms with Gasteiger partial charge in [-0.05, 0) is 18.2 Å². The summed E-state index contributed by atoms with van der Waals surface area (Å²) >= 11 is 0. The van der Waals surface area contributed by atoms with Crippen molar-refractivity contribution in [1.29, 1.82) is 0 Å². The smallest absolute Gasteiger partial charge is 0.166 e. The number of benzene rings is 2. The molecule has 0 aromatic heterocycles. The molecule has 0 unspecified atom stereocenters. The molecule has 0 atom stereocenters. The molecule has 0 aliphatic carbocycles. The fraction of sp³-hybridized carbons (Fsp3) is 0.133. The van der Waals surface area contributed by atoms with Gasteiger partial charge in [-0.25, -0.2) is 8.78 Å². The SMILES string of the molecule is COc1cccc(C=NCc2ccc(F)cc2F)c1O. The molecule has 0 aliphatic rings. The van der Waals surface area contributed by atoms with Crippen molar-refractivity contribution in [2.24, 2.45) is 4.99 Å². The molecule has 2 rings (SSSR count). The van der Waals surface area contributed by atoms with E-state index in [4.69, 9.17) is 4.74 Å². The van der Waals surface area contributed by atoms with E-state index in [1.165, 1.54) is 25.5 Å². The predicted molar refractivity (Wildman–Crippen MR) is 72.3 cm³/mol. The number of ether oxygens (including phenoxy) is 1. The number of phenolic OH excluding ortho intramolecular Hbond substituents is 1. The van der Waals surface area contributed by atoms with Gasteiger partial charge in [0.2, 0.25) is 0 Å². The third kappa shape index (κ3) is 3.12. The summed E-state index contributed by atoms with van der Waals surface area (Å²) in [6, 6.07) is 8.31. The largest absolute Gasteiger partial charge is 0.504 e. The fourth-order valence-corrected chi connectivity index (χ4v) is 1.70. The minimum absolute atomic E-state index is 0.0293. The molecule has 5 heteroatoms. The first kappa shape index (κ1) is 14.0. The third-order valence-corrected chi connectivity index (χ3v) is 2.76. The quantitative estimate of drug-likeness (QED) is 0.871. The van der Waals surface area contributed by atoms with Crippen LogP contribution in [0.15, 0.2) is 41.4 Å². The van der Waals surface area contributed by atoms with Crippen molar-refractivity contribution >= 4 is 6.21 Å². The van der Waals surface area contributed by atoms with Gasteiger partial charge >= 0.3 is 0 Å². The number of hydrogen-bond acceptors (Lipinski definition) is 3. The van der Waals surface area contributed by atoms with E-state index < -0.39 is 11.6 Å². The maximum Gasteiger partial charge on any atom is 0.166 e. The number of aliphatic imine (C=N–C) groups is 1. The first-order valence-electron chi connectivity index (χ1n) is 5.91. The van der Waals surface area contributed by atoms with Crippen LogP contribution < -0.4 is 4.74 Å². The van der Waals surface area contributed by atoms with Crippen LogP contribution in [0.2, 0.25) is 0 Å². The molecule has 0 radical (unpaired) electrons. The Bertz CT molecular complexity index is 642. The van der Waals surface area contributed by atoms with Crippen LogP contribution in [-0.2, 0) is 6.54 Å². The Labute approximate surface area is 115 Å². The Kier molecular flexibility index (Phi) is 4.30. The van der Waals surface area contributed by atoms with Crippen LogP contribution in [0, 0.1) is 11.6 Å². The standard InChI is InChI=1S/C15H13F2NO2/c1-20-14-4-2-3-11(15(14)19)9-18-8-10-5-6-12(16)7-13(10)17/h2-7,9,19H,8H2,1H3. The average molecular weight is 277 g/mol. The normalized spacial score (nSPS) is 10.9. The molecule has 3 nitrogen and oxygen atoms in total. The van der Waals surface area contributed by atoms with E-state index in [1.54, 1.807) is 18.2 Å². The molecule has 0 saturated heterocycles. The highest BCUT2D eigenvalue weighted by Gasteiger charge is 2.05. The van der Waals surface area contributed by atoms with E-state index in [0.717, 1.165) is 6.07 Å². The van der Waals surface area contributed by atoms with Gasteiger partial charge in [-0.3, -0.25) is 4.99 Å². The highest BCUT2D eigenvalue weighted by atomic mass is 19.1. The number of para-hydroxylation sites is 1. The van der Waals surface area contributed by atoms with E-state index in [9.17, 15) is 13.9 Å². The molecular weight excluding hydrogens is 264 g/mol. The molecule has 20 heavy (non-hydrogen) atoms. The van der Waals surface area contributed by atoms with Crippen molar-refractivity contribution in [1.82, 2.24) is 0 Å². The van der Waals surface area contributed by atoms with Crippen LogP contribution in [0.25, 0.3) is 0 Å². The zero-order valence-corrected chi connectivity index (χ0v) is 10.8. The van der Waals surface area contributed by atoms with Crippen LogP contribution in [0.5, 0.6) is 11.5 Å². The minimum Gasteiger partial charge on any atom is -0.504 e. The third-order valence-electron chi connectivity index (χ3n) is 2.76. The summed E-state index contributed by atoms with van der Waals surface area (Å²) in [5, 5.41) is 9.84. The summed E-state index contributed by atoms with van der Waals surface area (Å²) in [5.74, 6) is -0.960. The molecule has 0 spiro atoms. The maximum atomic E-state index is 13.4. The Morgan fingerprint density at radius 1 is 1.25 bits per heavy atom. The van der Waals surface area contributed by atoms with Crippen molar-refractivity contribution in [2.45, 2.75) is 6.54 Å². The number of rotatable bonds is 4. The lowest BCUT2D eigenvalue weighted by Crippen LogP contribution is -1.92. The average Bonchev–Trinajstić information content (AvgIpc) is 2.43. The minimum atomic E-state index is -0.642. The van der Waals surface area contributed by atoms with Crippen molar-refractivity contribution in [2.75, 3.05) is 7.11 Å². The molecule has 1 N–H and O–H groups in total. The lowest BCUT2D eigenvalue weighted by molar-refractivity contribution is 0.373. The van der Waals surface area contributed by atoms with Gasteiger partial charge in [0.1, 0.15) is 11.6 Å². The van der Waals surface area contributed by atoms with Crippen molar-refractivity contribution in [3.8, 4) is 11.5 Å². The Morgan fingerprint density at radius 2 is 2.05 bits per heavy atom. The number of nitrogens with zero attached hydrogens (tertiary/aromatic N) is 1. The Hall–Kier alpha value is -2.43. The van der Waals surface area contributed by atoms with Crippen LogP contribution >= 0.6 is 0 Å². The van der Waals surface area contributed by atoms with Crippen molar-refractivity contribution < 1.29 is 18.6 Å². The Balaban J connectivity index is 2.14. The second kappa shape index (κ2) is 6.14. The van der Waals surface area contributed by atoms with Gasteiger partial charge in [-0.1, -0.05) is 12.1 Å². The van der Waals surface area contributed by atoms with Gasteiger partial charge in [0, 0.05) is 23.4 Å². The van der Waals surface area contributed by atoms with E-state index in [2.05, 4.69) is 4.99 Å². The fourth-order valence-electron chi connectivity index (χ4n) is 1.70. The lowest BCUT2D eigenvalue weighted by Gasteiger charge is -2.05. The number of hydrogen-bond donors (Lipinski definition) is 1. The monoisotopic (exact) mass is 277 g/mol. The van der Waals surface area contributed by atoms with Crippen molar-refractivity contribution in [3.05, 3.63) is 59.2 Å². The summed E-state index contributed by atoms with van der Waals surface area (Å²) in [6.07, 6.45) is 1.42. The maximum absolute atomic E-state index is 13.4. The van der Waals surface area contributed by atoms with Gasteiger partial charge in [-0.2, -0.15) is 0 Å². The summed E-state index contributed by atoms with van der Waals surface area (Å²) in [6.45, 7) is 0.0583. The lowest BCUT2D eigenvalue weighted by atomic mass is 10.2. The highest BCUT2D eigenvalue weighted by Crippen LogP contribution is 2.28. The molecule has 2 aromatic carbocycles. The molecular formula is C15H13F2NO2. The van der Waals surface area contributed by atoms with Crippen LogP contribution in [0.1, 0.15) is 11.1 Å². The van der Waals surface area contributed by atoms with Crippen LogP contribution in [0.4, 0.5) is 8.78 Å². The zero-order valence-electron chi connectivity index (χ0n) is 10.8. The van der Waals surface area contributed by atoms with Crippen molar-refractivity contribution in [3.63, 3.8) is 0 Å². The molecule has 0 saturated carbocycles. The topological polar surface area (TPSA) is 41.8 Å². The molecule has 0 bridgehead atoms. The second-order valence-corrected chi connectivity index (χ2v) is 4.10. The van der Waals surface area contributed by atoms with Gasteiger partial charge in [0.25, 0.3) is 0 Å². The van der Waals surface area contributed by atoms with Crippen LogP contribution in [-0.4, -0.2) is 18.4 Å². The summed E-state index contributed by atoms with van der Waals surface area (Å²) < 4.78 is 31.1. The number of halogens is 2. The summed E-state index contributed by atoms with van der Waals surface area (Å²) in [5.41, 5.74) is 0.747. The van der Waals surface area contributed by atoms with E-state index in [0.29, 0.717) is 11.3 Å². The van der Waals surface area contributed by atoms with Crippen LogP contribution in [0.3, 0.4) is 0 Å². The van der Waals surface area contributed by atoms with Gasteiger partial charge in [0.15, 0.2) is 11.5 Å². The summed E-state index contributed by atoms with van der Waals surface area (Å²) in [4.78, 5) is 4.04. The second-order valence-electron chi connectivity index (χ2n) is 4.10. The number of aromatic hydroxyl groups is 1. The molecule has 104 valence electrons. The highest BCUT2D eigenvalue weighted by molar-refractivity contribution is 5.84. The predicted octanol–water partition coefficient (Wildman–Crippen LogP) is 3.30. The summed E-state index contributed by atoms with van der Waals surface area (Å²) in [7, 11) is 1.45. The number of methoxy groups -OCH3 is 1.